The lowest BCUT2D eigenvalue weighted by Crippen LogP contribution is -2.31. The van der Waals surface area contributed by atoms with Crippen LogP contribution in [0.4, 0.5) is 0 Å². The number of ether oxygens (including phenoxy) is 1. The number of amides is 1. The summed E-state index contributed by atoms with van der Waals surface area (Å²) in [4.78, 5) is 11.1. The smallest absolute Gasteiger partial charge is 0.222 e. The van der Waals surface area contributed by atoms with Gasteiger partial charge in [-0.1, -0.05) is 24.3 Å². The van der Waals surface area contributed by atoms with Crippen LogP contribution in [-0.2, 0) is 22.6 Å². The molecule has 4 N–H and O–H groups in total. The number of benzene rings is 1. The monoisotopic (exact) mass is 222 g/mol. The third-order valence-corrected chi connectivity index (χ3v) is 2.47. The second-order valence-electron chi connectivity index (χ2n) is 3.79. The Morgan fingerprint density at radius 2 is 2.12 bits per heavy atom. The average Bonchev–Trinajstić information content (AvgIpc) is 2.26. The van der Waals surface area contributed by atoms with Gasteiger partial charge in [0.1, 0.15) is 0 Å². The summed E-state index contributed by atoms with van der Waals surface area (Å²) in [6.45, 7) is 0.849. The molecule has 1 atom stereocenters. The van der Waals surface area contributed by atoms with Crippen LogP contribution in [-0.4, -0.2) is 19.6 Å². The van der Waals surface area contributed by atoms with E-state index >= 15 is 0 Å². The van der Waals surface area contributed by atoms with E-state index in [4.69, 9.17) is 16.2 Å². The standard InChI is InChI=1S/C12H18N2O2/c1-16-8-10-4-2-3-9(5-10)6-11(7-13)12(14)15/h2-5,11H,6-8,13H2,1H3,(H2,14,15). The Morgan fingerprint density at radius 3 is 2.69 bits per heavy atom. The molecule has 0 saturated carbocycles. The van der Waals surface area contributed by atoms with Crippen molar-refractivity contribution in [2.45, 2.75) is 13.0 Å². The van der Waals surface area contributed by atoms with Crippen molar-refractivity contribution < 1.29 is 9.53 Å². The molecule has 88 valence electrons. The van der Waals surface area contributed by atoms with E-state index in [9.17, 15) is 4.79 Å². The third-order valence-electron chi connectivity index (χ3n) is 2.47. The van der Waals surface area contributed by atoms with Gasteiger partial charge in [-0.3, -0.25) is 4.79 Å². The number of nitrogens with two attached hydrogens (primary N) is 2. The molecule has 1 aromatic rings. The molecule has 1 amide bonds. The predicted octanol–water partition coefficient (Wildman–Crippen LogP) is 0.436. The Hall–Kier alpha value is -1.39. The molecule has 0 fully saturated rings. The number of rotatable bonds is 6. The average molecular weight is 222 g/mol. The molecule has 0 spiro atoms. The van der Waals surface area contributed by atoms with E-state index in [1.807, 2.05) is 24.3 Å². The van der Waals surface area contributed by atoms with Crippen LogP contribution in [0.3, 0.4) is 0 Å². The molecule has 0 heterocycles. The largest absolute Gasteiger partial charge is 0.380 e. The van der Waals surface area contributed by atoms with Crippen LogP contribution in [0.1, 0.15) is 11.1 Å². The molecule has 0 saturated heterocycles. The lowest BCUT2D eigenvalue weighted by Gasteiger charge is -2.11. The van der Waals surface area contributed by atoms with Crippen molar-refractivity contribution in [2.75, 3.05) is 13.7 Å². The number of hydrogen-bond acceptors (Lipinski definition) is 3. The Labute approximate surface area is 95.6 Å². The van der Waals surface area contributed by atoms with Crippen molar-refractivity contribution >= 4 is 5.91 Å². The van der Waals surface area contributed by atoms with E-state index in [2.05, 4.69) is 0 Å². The minimum Gasteiger partial charge on any atom is -0.380 e. The maximum Gasteiger partial charge on any atom is 0.222 e. The van der Waals surface area contributed by atoms with Gasteiger partial charge in [0.25, 0.3) is 0 Å². The van der Waals surface area contributed by atoms with Crippen molar-refractivity contribution in [1.82, 2.24) is 0 Å². The molecule has 1 unspecified atom stereocenters. The molecule has 0 bridgehead atoms. The Kier molecular flexibility index (Phi) is 4.95. The molecule has 16 heavy (non-hydrogen) atoms. The summed E-state index contributed by atoms with van der Waals surface area (Å²) < 4.78 is 5.05. The summed E-state index contributed by atoms with van der Waals surface area (Å²) in [6.07, 6.45) is 0.587. The Morgan fingerprint density at radius 1 is 1.44 bits per heavy atom. The van der Waals surface area contributed by atoms with Gasteiger partial charge in [0.2, 0.25) is 5.91 Å². The van der Waals surface area contributed by atoms with E-state index in [0.717, 1.165) is 11.1 Å². The molecule has 0 aliphatic carbocycles. The lowest BCUT2D eigenvalue weighted by atomic mass is 9.98. The zero-order chi connectivity index (χ0) is 12.0. The zero-order valence-corrected chi connectivity index (χ0v) is 9.48. The van der Waals surface area contributed by atoms with Gasteiger partial charge < -0.3 is 16.2 Å². The second kappa shape index (κ2) is 6.25. The molecule has 0 aliphatic heterocycles. The van der Waals surface area contributed by atoms with Crippen molar-refractivity contribution in [1.29, 1.82) is 0 Å². The Balaban J connectivity index is 2.72. The van der Waals surface area contributed by atoms with Crippen molar-refractivity contribution in [3.05, 3.63) is 35.4 Å². The van der Waals surface area contributed by atoms with E-state index in [1.165, 1.54) is 0 Å². The summed E-state index contributed by atoms with van der Waals surface area (Å²) in [5.41, 5.74) is 12.9. The fraction of sp³-hybridized carbons (Fsp3) is 0.417. The van der Waals surface area contributed by atoms with Gasteiger partial charge in [-0.2, -0.15) is 0 Å². The molecular weight excluding hydrogens is 204 g/mol. The maximum absolute atomic E-state index is 11.1. The van der Waals surface area contributed by atoms with Crippen molar-refractivity contribution in [3.63, 3.8) is 0 Å². The van der Waals surface area contributed by atoms with Gasteiger partial charge in [-0.05, 0) is 17.5 Å². The molecule has 0 aliphatic rings. The van der Waals surface area contributed by atoms with Crippen LogP contribution in [0.25, 0.3) is 0 Å². The van der Waals surface area contributed by atoms with E-state index in [-0.39, 0.29) is 18.4 Å². The molecule has 4 heteroatoms. The van der Waals surface area contributed by atoms with Crippen LogP contribution in [0.2, 0.25) is 0 Å². The zero-order valence-electron chi connectivity index (χ0n) is 9.48. The number of carbonyl (C=O) groups is 1. The summed E-state index contributed by atoms with van der Waals surface area (Å²) in [5.74, 6) is -0.641. The fourth-order valence-electron chi connectivity index (χ4n) is 1.60. The minimum absolute atomic E-state index is 0.282. The predicted molar refractivity (Wildman–Crippen MR) is 62.6 cm³/mol. The second-order valence-corrected chi connectivity index (χ2v) is 3.79. The van der Waals surface area contributed by atoms with Gasteiger partial charge in [-0.15, -0.1) is 0 Å². The van der Waals surface area contributed by atoms with Crippen LogP contribution >= 0.6 is 0 Å². The number of carbonyl (C=O) groups excluding carboxylic acids is 1. The summed E-state index contributed by atoms with van der Waals surface area (Å²) in [5, 5.41) is 0. The van der Waals surface area contributed by atoms with Crippen LogP contribution < -0.4 is 11.5 Å². The molecule has 1 aromatic carbocycles. The quantitative estimate of drug-likeness (QED) is 0.733. The highest BCUT2D eigenvalue weighted by Crippen LogP contribution is 2.11. The summed E-state index contributed by atoms with van der Waals surface area (Å²) in [7, 11) is 1.65. The highest BCUT2D eigenvalue weighted by atomic mass is 16.5. The summed E-state index contributed by atoms with van der Waals surface area (Å²) in [6, 6.07) is 7.90. The van der Waals surface area contributed by atoms with Crippen molar-refractivity contribution in [3.8, 4) is 0 Å². The normalized spacial score (nSPS) is 12.4. The van der Waals surface area contributed by atoms with E-state index < -0.39 is 0 Å². The highest BCUT2D eigenvalue weighted by molar-refractivity contribution is 5.77. The van der Waals surface area contributed by atoms with Gasteiger partial charge in [0, 0.05) is 13.7 Å². The minimum atomic E-state index is -0.348. The topological polar surface area (TPSA) is 78.3 Å². The van der Waals surface area contributed by atoms with Crippen molar-refractivity contribution in [2.24, 2.45) is 17.4 Å². The van der Waals surface area contributed by atoms with Crippen LogP contribution in [0.15, 0.2) is 24.3 Å². The van der Waals surface area contributed by atoms with Gasteiger partial charge in [0.05, 0.1) is 12.5 Å². The van der Waals surface area contributed by atoms with Crippen LogP contribution in [0, 0.1) is 5.92 Å². The summed E-state index contributed by atoms with van der Waals surface area (Å²) >= 11 is 0. The van der Waals surface area contributed by atoms with Gasteiger partial charge in [0.15, 0.2) is 0 Å². The van der Waals surface area contributed by atoms with E-state index in [0.29, 0.717) is 13.0 Å². The van der Waals surface area contributed by atoms with Gasteiger partial charge >= 0.3 is 0 Å². The number of methoxy groups -OCH3 is 1. The first kappa shape index (κ1) is 12.7. The molecule has 0 radical (unpaired) electrons. The highest BCUT2D eigenvalue weighted by Gasteiger charge is 2.13. The number of primary amides is 1. The molecular formula is C12H18N2O2. The van der Waals surface area contributed by atoms with Gasteiger partial charge in [-0.25, -0.2) is 0 Å². The van der Waals surface area contributed by atoms with Crippen LogP contribution in [0.5, 0.6) is 0 Å². The molecule has 0 aromatic heterocycles. The first-order valence-electron chi connectivity index (χ1n) is 5.23. The Bertz CT molecular complexity index is 353. The first-order chi connectivity index (χ1) is 7.67. The molecule has 1 rings (SSSR count). The van der Waals surface area contributed by atoms with E-state index in [1.54, 1.807) is 7.11 Å². The number of hydrogen-bond donors (Lipinski definition) is 2. The molecule has 4 nitrogen and oxygen atoms in total. The SMILES string of the molecule is COCc1cccc(CC(CN)C(N)=O)c1. The fourth-order valence-corrected chi connectivity index (χ4v) is 1.60. The maximum atomic E-state index is 11.1. The first-order valence-corrected chi connectivity index (χ1v) is 5.23. The third kappa shape index (κ3) is 3.64. The lowest BCUT2D eigenvalue weighted by molar-refractivity contribution is -0.121.